The van der Waals surface area contributed by atoms with Gasteiger partial charge in [-0.2, -0.15) is 5.26 Å². The molecular formula is C24H26N4O2S2. The number of hydrogen-bond donors (Lipinski definition) is 0. The number of rotatable bonds is 6. The van der Waals surface area contributed by atoms with Crippen LogP contribution < -0.4 is 5.56 Å². The second-order valence-corrected chi connectivity index (χ2v) is 10.1. The predicted octanol–water partition coefficient (Wildman–Crippen LogP) is 4.49. The van der Waals surface area contributed by atoms with Crippen molar-refractivity contribution < 1.29 is 4.79 Å². The normalized spacial score (nSPS) is 13.4. The van der Waals surface area contributed by atoms with E-state index in [0.717, 1.165) is 47.2 Å². The number of carbonyl (C=O) groups excluding carboxylic acids is 1. The highest BCUT2D eigenvalue weighted by molar-refractivity contribution is 7.99. The van der Waals surface area contributed by atoms with Crippen LogP contribution in [0.2, 0.25) is 0 Å². The van der Waals surface area contributed by atoms with E-state index in [1.807, 2.05) is 31.2 Å². The average Bonchev–Trinajstić information content (AvgIpc) is 2.97. The largest absolute Gasteiger partial charge is 0.344 e. The lowest BCUT2D eigenvalue weighted by Crippen LogP contribution is -2.29. The number of nitrogens with zero attached hydrogens (tertiary/aromatic N) is 4. The van der Waals surface area contributed by atoms with E-state index < -0.39 is 0 Å². The Balaban J connectivity index is 1.80. The third kappa shape index (κ3) is 4.45. The lowest BCUT2D eigenvalue weighted by molar-refractivity contribution is -0.127. The Hall–Kier alpha value is -2.63. The molecule has 1 amide bonds. The fourth-order valence-corrected chi connectivity index (χ4v) is 6.31. The summed E-state index contributed by atoms with van der Waals surface area (Å²) >= 11 is 2.92. The van der Waals surface area contributed by atoms with E-state index in [1.165, 1.54) is 28.6 Å². The van der Waals surface area contributed by atoms with E-state index in [9.17, 15) is 9.59 Å². The van der Waals surface area contributed by atoms with Gasteiger partial charge in [-0.15, -0.1) is 11.3 Å². The van der Waals surface area contributed by atoms with Gasteiger partial charge < -0.3 is 4.90 Å². The smallest absolute Gasteiger partial charge is 0.267 e. The average molecular weight is 467 g/mol. The van der Waals surface area contributed by atoms with Gasteiger partial charge in [0.05, 0.1) is 29.3 Å². The van der Waals surface area contributed by atoms with Crippen LogP contribution in [0.1, 0.15) is 41.7 Å². The SMILES string of the molecule is Cc1ccccc1-n1c(SCC(=O)N(C)CCC#N)nc2sc3c(c2c1=O)CCCCC3. The number of thiophene rings is 1. The van der Waals surface area contributed by atoms with Gasteiger partial charge in [0.25, 0.3) is 5.56 Å². The summed E-state index contributed by atoms with van der Waals surface area (Å²) in [5.41, 5.74) is 2.91. The maximum atomic E-state index is 13.9. The number of aryl methyl sites for hydroxylation is 3. The number of hydrogen-bond acceptors (Lipinski definition) is 6. The van der Waals surface area contributed by atoms with Gasteiger partial charge in [0.1, 0.15) is 4.83 Å². The zero-order chi connectivity index (χ0) is 22.7. The van der Waals surface area contributed by atoms with E-state index in [1.54, 1.807) is 27.9 Å². The molecule has 6 nitrogen and oxygen atoms in total. The molecule has 32 heavy (non-hydrogen) atoms. The topological polar surface area (TPSA) is 79.0 Å². The van der Waals surface area contributed by atoms with Crippen LogP contribution in [0.25, 0.3) is 15.9 Å². The molecule has 0 aliphatic heterocycles. The van der Waals surface area contributed by atoms with E-state index in [2.05, 4.69) is 6.07 Å². The zero-order valence-electron chi connectivity index (χ0n) is 18.4. The van der Waals surface area contributed by atoms with Crippen LogP contribution in [0.4, 0.5) is 0 Å². The summed E-state index contributed by atoms with van der Waals surface area (Å²) in [6.45, 7) is 2.37. The molecule has 0 fully saturated rings. The summed E-state index contributed by atoms with van der Waals surface area (Å²) in [7, 11) is 1.70. The maximum Gasteiger partial charge on any atom is 0.267 e. The van der Waals surface area contributed by atoms with Crippen molar-refractivity contribution in [3.63, 3.8) is 0 Å². The quantitative estimate of drug-likeness (QED) is 0.304. The summed E-state index contributed by atoms with van der Waals surface area (Å²) in [4.78, 5) is 34.9. The first-order valence-electron chi connectivity index (χ1n) is 10.9. The van der Waals surface area contributed by atoms with Gasteiger partial charge >= 0.3 is 0 Å². The molecular weight excluding hydrogens is 440 g/mol. The fourth-order valence-electron chi connectivity index (χ4n) is 4.07. The van der Waals surface area contributed by atoms with Crippen molar-refractivity contribution in [1.82, 2.24) is 14.5 Å². The first-order chi connectivity index (χ1) is 15.5. The Morgan fingerprint density at radius 3 is 2.84 bits per heavy atom. The fraction of sp³-hybridized carbons (Fsp3) is 0.417. The minimum atomic E-state index is -0.0853. The molecule has 0 N–H and O–H groups in total. The molecule has 1 aliphatic carbocycles. The number of fused-ring (bicyclic) bond motifs is 3. The van der Waals surface area contributed by atoms with Crippen LogP contribution in [-0.2, 0) is 17.6 Å². The number of carbonyl (C=O) groups is 1. The summed E-state index contributed by atoms with van der Waals surface area (Å²) in [5.74, 6) is 0.0783. The monoisotopic (exact) mass is 466 g/mol. The number of thioether (sulfide) groups is 1. The molecule has 166 valence electrons. The highest BCUT2D eigenvalue weighted by Gasteiger charge is 2.23. The van der Waals surface area contributed by atoms with Gasteiger partial charge in [0, 0.05) is 18.5 Å². The Bertz CT molecular complexity index is 1260. The van der Waals surface area contributed by atoms with Gasteiger partial charge in [-0.25, -0.2) is 4.98 Å². The zero-order valence-corrected chi connectivity index (χ0v) is 20.0. The minimum absolute atomic E-state index is 0.0449. The van der Waals surface area contributed by atoms with Crippen LogP contribution in [0.15, 0.2) is 34.2 Å². The lowest BCUT2D eigenvalue weighted by Gasteiger charge is -2.17. The first-order valence-corrected chi connectivity index (χ1v) is 12.7. The number of amides is 1. The molecule has 0 saturated carbocycles. The van der Waals surface area contributed by atoms with Crippen molar-refractivity contribution in [3.05, 3.63) is 50.6 Å². The molecule has 3 aromatic rings. The molecule has 0 atom stereocenters. The number of para-hydroxylation sites is 1. The summed E-state index contributed by atoms with van der Waals surface area (Å²) in [6.07, 6.45) is 5.67. The van der Waals surface area contributed by atoms with Crippen molar-refractivity contribution >= 4 is 39.2 Å². The number of aromatic nitrogens is 2. The van der Waals surface area contributed by atoms with Crippen molar-refractivity contribution in [2.75, 3.05) is 19.3 Å². The number of nitriles is 1. The van der Waals surface area contributed by atoms with E-state index in [0.29, 0.717) is 18.1 Å². The van der Waals surface area contributed by atoms with Crippen molar-refractivity contribution in [3.8, 4) is 11.8 Å². The third-order valence-electron chi connectivity index (χ3n) is 5.87. The molecule has 1 aliphatic rings. The van der Waals surface area contributed by atoms with Gasteiger partial charge in [-0.1, -0.05) is 36.4 Å². The van der Waals surface area contributed by atoms with Crippen LogP contribution in [-0.4, -0.2) is 39.7 Å². The molecule has 4 rings (SSSR count). The van der Waals surface area contributed by atoms with E-state index >= 15 is 0 Å². The molecule has 0 radical (unpaired) electrons. The molecule has 0 unspecified atom stereocenters. The standard InChI is InChI=1S/C24H26N4O2S2/c1-16-9-6-7-11-18(16)28-23(30)21-17-10-4-3-5-12-19(17)32-22(21)26-24(28)31-15-20(29)27(2)14-8-13-25/h6-7,9,11H,3-5,8,10,12,14-15H2,1-2H3. The van der Waals surface area contributed by atoms with E-state index in [4.69, 9.17) is 10.2 Å². The van der Waals surface area contributed by atoms with Gasteiger partial charge in [0.2, 0.25) is 5.91 Å². The second kappa shape index (κ2) is 9.88. The van der Waals surface area contributed by atoms with Crippen LogP contribution in [0, 0.1) is 18.3 Å². The molecule has 0 spiro atoms. The van der Waals surface area contributed by atoms with Crippen molar-refractivity contribution in [2.24, 2.45) is 0 Å². The second-order valence-electron chi connectivity index (χ2n) is 8.08. The minimum Gasteiger partial charge on any atom is -0.344 e. The third-order valence-corrected chi connectivity index (χ3v) is 7.98. The van der Waals surface area contributed by atoms with Crippen molar-refractivity contribution in [2.45, 2.75) is 50.6 Å². The molecule has 8 heteroatoms. The molecule has 1 aromatic carbocycles. The van der Waals surface area contributed by atoms with Crippen LogP contribution in [0.3, 0.4) is 0 Å². The summed E-state index contributed by atoms with van der Waals surface area (Å²) < 4.78 is 1.68. The Kier molecular flexibility index (Phi) is 6.97. The highest BCUT2D eigenvalue weighted by Crippen LogP contribution is 2.35. The molecule has 0 saturated heterocycles. The maximum absolute atomic E-state index is 13.9. The van der Waals surface area contributed by atoms with Crippen molar-refractivity contribution in [1.29, 1.82) is 5.26 Å². The Labute approximate surface area is 195 Å². The van der Waals surface area contributed by atoms with Gasteiger partial charge in [-0.3, -0.25) is 14.2 Å². The van der Waals surface area contributed by atoms with Crippen LogP contribution in [0.5, 0.6) is 0 Å². The van der Waals surface area contributed by atoms with Gasteiger partial charge in [0.15, 0.2) is 5.16 Å². The van der Waals surface area contributed by atoms with Crippen LogP contribution >= 0.6 is 23.1 Å². The number of benzene rings is 1. The lowest BCUT2D eigenvalue weighted by atomic mass is 10.1. The van der Waals surface area contributed by atoms with Gasteiger partial charge in [-0.05, 0) is 49.8 Å². The highest BCUT2D eigenvalue weighted by atomic mass is 32.2. The molecule has 0 bridgehead atoms. The van der Waals surface area contributed by atoms with E-state index in [-0.39, 0.29) is 17.2 Å². The summed E-state index contributed by atoms with van der Waals surface area (Å²) in [5, 5.41) is 10.1. The molecule has 2 heterocycles. The predicted molar refractivity (Wildman–Crippen MR) is 130 cm³/mol. The molecule has 2 aromatic heterocycles. The first kappa shape index (κ1) is 22.6. The Morgan fingerprint density at radius 2 is 2.06 bits per heavy atom. The summed E-state index contributed by atoms with van der Waals surface area (Å²) in [6, 6.07) is 9.85. The Morgan fingerprint density at radius 1 is 1.28 bits per heavy atom.